The Morgan fingerprint density at radius 1 is 1.40 bits per heavy atom. The summed E-state index contributed by atoms with van der Waals surface area (Å²) in [5, 5.41) is 8.88. The summed E-state index contributed by atoms with van der Waals surface area (Å²) in [6.45, 7) is 10.8. The molecule has 0 saturated carbocycles. The highest BCUT2D eigenvalue weighted by Gasteiger charge is 2.27. The molecule has 0 aromatic heterocycles. The van der Waals surface area contributed by atoms with Crippen LogP contribution in [-0.4, -0.2) is 48.4 Å². The number of rotatable bonds is 4. The first-order valence-corrected chi connectivity index (χ1v) is 7.60. The SMILES string of the molecule is CC(C#N)CN(C)C1CCN(C(=O)CC(C)(C)C)CC1. The van der Waals surface area contributed by atoms with E-state index in [1.54, 1.807) is 0 Å². The zero-order valence-electron chi connectivity index (χ0n) is 13.6. The molecule has 1 amide bonds. The number of likely N-dealkylation sites (tertiary alicyclic amines) is 1. The number of hydrogen-bond acceptors (Lipinski definition) is 3. The summed E-state index contributed by atoms with van der Waals surface area (Å²) in [6, 6.07) is 2.79. The molecule has 0 aliphatic carbocycles. The zero-order chi connectivity index (χ0) is 15.3. The molecule has 0 spiro atoms. The van der Waals surface area contributed by atoms with Crippen LogP contribution < -0.4 is 0 Å². The van der Waals surface area contributed by atoms with E-state index in [2.05, 4.69) is 38.8 Å². The van der Waals surface area contributed by atoms with Crippen LogP contribution in [0.25, 0.3) is 0 Å². The Balaban J connectivity index is 2.40. The Hall–Kier alpha value is -1.08. The molecule has 1 rings (SSSR count). The van der Waals surface area contributed by atoms with Crippen LogP contribution in [0.3, 0.4) is 0 Å². The fraction of sp³-hybridized carbons (Fsp3) is 0.875. The van der Waals surface area contributed by atoms with Gasteiger partial charge in [-0.3, -0.25) is 4.79 Å². The lowest BCUT2D eigenvalue weighted by atomic mass is 9.91. The molecular formula is C16H29N3O. The highest BCUT2D eigenvalue weighted by molar-refractivity contribution is 5.76. The predicted molar refractivity (Wildman–Crippen MR) is 81.1 cm³/mol. The number of hydrogen-bond donors (Lipinski definition) is 0. The lowest BCUT2D eigenvalue weighted by Crippen LogP contribution is -2.46. The van der Waals surface area contributed by atoms with Gasteiger partial charge in [0.15, 0.2) is 0 Å². The minimum atomic E-state index is 0.0625. The van der Waals surface area contributed by atoms with Crippen LogP contribution in [0, 0.1) is 22.7 Å². The predicted octanol–water partition coefficient (Wildman–Crippen LogP) is 2.51. The van der Waals surface area contributed by atoms with Crippen molar-refractivity contribution in [1.29, 1.82) is 5.26 Å². The lowest BCUT2D eigenvalue weighted by molar-refractivity contribution is -0.134. The van der Waals surface area contributed by atoms with E-state index in [0.717, 1.165) is 32.5 Å². The molecule has 4 heteroatoms. The molecule has 1 atom stereocenters. The van der Waals surface area contributed by atoms with Crippen molar-refractivity contribution >= 4 is 5.91 Å². The van der Waals surface area contributed by atoms with E-state index in [9.17, 15) is 4.79 Å². The van der Waals surface area contributed by atoms with Gasteiger partial charge >= 0.3 is 0 Å². The quantitative estimate of drug-likeness (QED) is 0.794. The van der Waals surface area contributed by atoms with Gasteiger partial charge in [-0.15, -0.1) is 0 Å². The van der Waals surface area contributed by atoms with E-state index in [0.29, 0.717) is 12.5 Å². The van der Waals surface area contributed by atoms with Crippen molar-refractivity contribution in [3.8, 4) is 6.07 Å². The first-order valence-electron chi connectivity index (χ1n) is 7.60. The molecule has 1 aliphatic heterocycles. The topological polar surface area (TPSA) is 47.3 Å². The monoisotopic (exact) mass is 279 g/mol. The number of carbonyl (C=O) groups excluding carboxylic acids is 1. The highest BCUT2D eigenvalue weighted by Crippen LogP contribution is 2.22. The second kappa shape index (κ2) is 7.08. The van der Waals surface area contributed by atoms with Gasteiger partial charge in [0.2, 0.25) is 5.91 Å². The number of carbonyl (C=O) groups is 1. The van der Waals surface area contributed by atoms with Gasteiger partial charge < -0.3 is 9.80 Å². The fourth-order valence-electron chi connectivity index (χ4n) is 2.74. The van der Waals surface area contributed by atoms with Crippen molar-refractivity contribution in [2.45, 2.75) is 53.0 Å². The van der Waals surface area contributed by atoms with Crippen LogP contribution in [0.15, 0.2) is 0 Å². The molecule has 1 saturated heterocycles. The molecule has 0 aromatic rings. The number of nitriles is 1. The van der Waals surface area contributed by atoms with Gasteiger partial charge in [0.1, 0.15) is 0 Å². The van der Waals surface area contributed by atoms with Crippen molar-refractivity contribution in [2.75, 3.05) is 26.7 Å². The molecule has 114 valence electrons. The Morgan fingerprint density at radius 2 is 1.95 bits per heavy atom. The van der Waals surface area contributed by atoms with Crippen molar-refractivity contribution in [2.24, 2.45) is 11.3 Å². The average molecular weight is 279 g/mol. The summed E-state index contributed by atoms with van der Waals surface area (Å²) in [7, 11) is 2.09. The number of amides is 1. The van der Waals surface area contributed by atoms with Gasteiger partial charge in [0, 0.05) is 32.1 Å². The van der Waals surface area contributed by atoms with E-state index in [4.69, 9.17) is 5.26 Å². The lowest BCUT2D eigenvalue weighted by Gasteiger charge is -2.38. The third kappa shape index (κ3) is 5.50. The van der Waals surface area contributed by atoms with E-state index < -0.39 is 0 Å². The van der Waals surface area contributed by atoms with E-state index in [-0.39, 0.29) is 17.2 Å². The van der Waals surface area contributed by atoms with E-state index >= 15 is 0 Å². The van der Waals surface area contributed by atoms with Gasteiger partial charge in [0.25, 0.3) is 0 Å². The van der Waals surface area contributed by atoms with Crippen LogP contribution >= 0.6 is 0 Å². The Morgan fingerprint density at radius 3 is 2.40 bits per heavy atom. The minimum absolute atomic E-state index is 0.0625. The van der Waals surface area contributed by atoms with Crippen LogP contribution in [0.5, 0.6) is 0 Å². The molecule has 0 bridgehead atoms. The third-order valence-corrected chi connectivity index (χ3v) is 3.90. The second-order valence-electron chi connectivity index (χ2n) is 7.32. The van der Waals surface area contributed by atoms with Crippen molar-refractivity contribution in [3.05, 3.63) is 0 Å². The minimum Gasteiger partial charge on any atom is -0.343 e. The van der Waals surface area contributed by atoms with Crippen LogP contribution in [0.4, 0.5) is 0 Å². The molecule has 1 heterocycles. The highest BCUT2D eigenvalue weighted by atomic mass is 16.2. The fourth-order valence-corrected chi connectivity index (χ4v) is 2.74. The molecule has 4 nitrogen and oxygen atoms in total. The van der Waals surface area contributed by atoms with Crippen LogP contribution in [-0.2, 0) is 4.79 Å². The van der Waals surface area contributed by atoms with Gasteiger partial charge in [-0.2, -0.15) is 5.26 Å². The van der Waals surface area contributed by atoms with E-state index in [1.807, 2.05) is 11.8 Å². The summed E-state index contributed by atoms with van der Waals surface area (Å²) in [5.74, 6) is 0.351. The zero-order valence-corrected chi connectivity index (χ0v) is 13.6. The van der Waals surface area contributed by atoms with Crippen LogP contribution in [0.1, 0.15) is 47.0 Å². The maximum Gasteiger partial charge on any atom is 0.223 e. The van der Waals surface area contributed by atoms with Gasteiger partial charge in [-0.25, -0.2) is 0 Å². The molecule has 0 radical (unpaired) electrons. The van der Waals surface area contributed by atoms with Gasteiger partial charge in [-0.1, -0.05) is 20.8 Å². The summed E-state index contributed by atoms with van der Waals surface area (Å²) < 4.78 is 0. The molecule has 1 unspecified atom stereocenters. The molecule has 0 aromatic carbocycles. The molecule has 1 fully saturated rings. The maximum absolute atomic E-state index is 12.2. The molecule has 1 aliphatic rings. The van der Waals surface area contributed by atoms with Crippen LogP contribution in [0.2, 0.25) is 0 Å². The Kier molecular flexibility index (Phi) is 6.01. The van der Waals surface area contributed by atoms with Crippen molar-refractivity contribution in [3.63, 3.8) is 0 Å². The summed E-state index contributed by atoms with van der Waals surface area (Å²) >= 11 is 0. The number of nitrogens with zero attached hydrogens (tertiary/aromatic N) is 3. The standard InChI is InChI=1S/C16H29N3O/c1-13(11-17)12-18(5)14-6-8-19(9-7-14)15(20)10-16(2,3)4/h13-14H,6-10,12H2,1-5H3. The normalized spacial score (nSPS) is 18.9. The first-order chi connectivity index (χ1) is 9.23. The third-order valence-electron chi connectivity index (χ3n) is 3.90. The largest absolute Gasteiger partial charge is 0.343 e. The molecular weight excluding hydrogens is 250 g/mol. The van der Waals surface area contributed by atoms with Gasteiger partial charge in [-0.05, 0) is 32.2 Å². The summed E-state index contributed by atoms with van der Waals surface area (Å²) in [4.78, 5) is 16.5. The van der Waals surface area contributed by atoms with E-state index in [1.165, 1.54) is 0 Å². The average Bonchev–Trinajstić information content (AvgIpc) is 2.36. The molecule has 20 heavy (non-hydrogen) atoms. The molecule has 0 N–H and O–H groups in total. The smallest absolute Gasteiger partial charge is 0.223 e. The second-order valence-corrected chi connectivity index (χ2v) is 7.32. The van der Waals surface area contributed by atoms with Gasteiger partial charge in [0.05, 0.1) is 12.0 Å². The number of piperidine rings is 1. The van der Waals surface area contributed by atoms with Crippen molar-refractivity contribution < 1.29 is 4.79 Å². The Labute approximate surface area is 123 Å². The van der Waals surface area contributed by atoms with Crippen molar-refractivity contribution in [1.82, 2.24) is 9.80 Å². The summed E-state index contributed by atoms with van der Waals surface area (Å²) in [6.07, 6.45) is 2.66. The first kappa shape index (κ1) is 17.0. The summed E-state index contributed by atoms with van der Waals surface area (Å²) in [5.41, 5.74) is 0.0625. The Bertz CT molecular complexity index is 359. The maximum atomic E-state index is 12.2.